The van der Waals surface area contributed by atoms with Crippen molar-refractivity contribution in [2.45, 2.75) is 39.5 Å². The van der Waals surface area contributed by atoms with Crippen molar-refractivity contribution < 1.29 is 0 Å². The maximum atomic E-state index is 3.12. The third-order valence-electron chi connectivity index (χ3n) is 2.03. The van der Waals surface area contributed by atoms with Gasteiger partial charge in [0.15, 0.2) is 0 Å². The maximum absolute atomic E-state index is 3.12. The molecule has 0 amide bonds. The molecule has 3 heteroatoms. The first-order valence-corrected chi connectivity index (χ1v) is 4.86. The quantitative estimate of drug-likeness (QED) is 0.656. The van der Waals surface area contributed by atoms with Crippen molar-refractivity contribution in [2.24, 2.45) is 0 Å². The molecular formula is C9H19N3. The zero-order valence-electron chi connectivity index (χ0n) is 8.06. The van der Waals surface area contributed by atoms with Gasteiger partial charge in [-0.05, 0) is 12.8 Å². The van der Waals surface area contributed by atoms with Gasteiger partial charge in [-0.2, -0.15) is 0 Å². The molecule has 0 unspecified atom stereocenters. The zero-order valence-corrected chi connectivity index (χ0v) is 8.06. The molecule has 0 aliphatic carbocycles. The van der Waals surface area contributed by atoms with Crippen LogP contribution < -0.4 is 11.0 Å². The molecule has 1 aliphatic rings. The molecule has 0 atom stereocenters. The number of nitrogens with zero attached hydrogens (tertiary/aromatic N) is 1. The van der Waals surface area contributed by atoms with E-state index in [1.807, 2.05) is 0 Å². The van der Waals surface area contributed by atoms with Gasteiger partial charge in [-0.3, -0.25) is 5.01 Å². The molecule has 0 bridgehead atoms. The Kier molecular flexibility index (Phi) is 3.94. The number of rotatable bonds is 5. The predicted octanol–water partition coefficient (Wildman–Crippen LogP) is 1.75. The average molecular weight is 169 g/mol. The van der Waals surface area contributed by atoms with Gasteiger partial charge in [0.05, 0.1) is 0 Å². The second kappa shape index (κ2) is 5.04. The summed E-state index contributed by atoms with van der Waals surface area (Å²) in [7, 11) is 0. The van der Waals surface area contributed by atoms with Crippen molar-refractivity contribution in [3.8, 4) is 0 Å². The molecule has 3 nitrogen and oxygen atoms in total. The fourth-order valence-electron chi connectivity index (χ4n) is 1.32. The third-order valence-corrected chi connectivity index (χ3v) is 2.03. The van der Waals surface area contributed by atoms with Crippen LogP contribution in [0, 0.1) is 0 Å². The number of unbranched alkanes of at least 4 members (excludes halogenated alkanes) is 1. The van der Waals surface area contributed by atoms with Crippen molar-refractivity contribution in [3.05, 3.63) is 11.9 Å². The van der Waals surface area contributed by atoms with E-state index in [2.05, 4.69) is 36.0 Å². The summed E-state index contributed by atoms with van der Waals surface area (Å²) in [6.07, 6.45) is 6.91. The third kappa shape index (κ3) is 2.41. The van der Waals surface area contributed by atoms with E-state index < -0.39 is 0 Å². The van der Waals surface area contributed by atoms with Crippen LogP contribution in [-0.4, -0.2) is 11.6 Å². The highest BCUT2D eigenvalue weighted by Crippen LogP contribution is 2.11. The van der Waals surface area contributed by atoms with Gasteiger partial charge in [-0.1, -0.05) is 26.7 Å². The zero-order chi connectivity index (χ0) is 8.81. The van der Waals surface area contributed by atoms with Gasteiger partial charge in [0.1, 0.15) is 0 Å². The molecule has 70 valence electrons. The number of hydrazine groups is 2. The van der Waals surface area contributed by atoms with Gasteiger partial charge < -0.3 is 5.43 Å². The smallest absolute Gasteiger partial charge is 0.0482 e. The van der Waals surface area contributed by atoms with Crippen molar-refractivity contribution in [2.75, 3.05) is 6.54 Å². The summed E-state index contributed by atoms with van der Waals surface area (Å²) in [5.41, 5.74) is 7.53. The van der Waals surface area contributed by atoms with Crippen LogP contribution in [0.5, 0.6) is 0 Å². The van der Waals surface area contributed by atoms with Crippen molar-refractivity contribution in [1.82, 2.24) is 16.0 Å². The van der Waals surface area contributed by atoms with Crippen LogP contribution in [0.2, 0.25) is 0 Å². The van der Waals surface area contributed by atoms with E-state index in [0.29, 0.717) is 0 Å². The minimum absolute atomic E-state index is 1.11. The molecule has 0 spiro atoms. The first-order chi connectivity index (χ1) is 5.88. The summed E-state index contributed by atoms with van der Waals surface area (Å²) in [6.45, 7) is 5.53. The molecule has 12 heavy (non-hydrogen) atoms. The minimum Gasteiger partial charge on any atom is -0.309 e. The number of hydrogen-bond donors (Lipinski definition) is 2. The Hall–Kier alpha value is -0.700. The lowest BCUT2D eigenvalue weighted by atomic mass is 10.2. The van der Waals surface area contributed by atoms with E-state index in [-0.39, 0.29) is 0 Å². The SMILES string of the molecule is CCCCN1NNC=C1CCC. The molecular weight excluding hydrogens is 150 g/mol. The summed E-state index contributed by atoms with van der Waals surface area (Å²) in [5, 5.41) is 2.20. The number of allylic oxidation sites excluding steroid dienone is 1. The van der Waals surface area contributed by atoms with E-state index >= 15 is 0 Å². The first kappa shape index (κ1) is 9.39. The van der Waals surface area contributed by atoms with E-state index in [9.17, 15) is 0 Å². The van der Waals surface area contributed by atoms with Gasteiger partial charge in [0.2, 0.25) is 0 Å². The molecule has 1 rings (SSSR count). The maximum Gasteiger partial charge on any atom is 0.0482 e. The van der Waals surface area contributed by atoms with Gasteiger partial charge >= 0.3 is 0 Å². The van der Waals surface area contributed by atoms with Crippen LogP contribution in [0.1, 0.15) is 39.5 Å². The Morgan fingerprint density at radius 1 is 1.33 bits per heavy atom. The Labute approximate surface area is 74.8 Å². The van der Waals surface area contributed by atoms with Crippen LogP contribution in [-0.2, 0) is 0 Å². The monoisotopic (exact) mass is 169 g/mol. The topological polar surface area (TPSA) is 27.3 Å². The normalized spacial score (nSPS) is 16.2. The molecule has 0 aromatic heterocycles. The fourth-order valence-corrected chi connectivity index (χ4v) is 1.32. The van der Waals surface area contributed by atoms with E-state index in [1.54, 1.807) is 0 Å². The van der Waals surface area contributed by atoms with Gasteiger partial charge in [0, 0.05) is 18.4 Å². The molecule has 0 aromatic carbocycles. The Bertz CT molecular complexity index is 154. The van der Waals surface area contributed by atoms with Gasteiger partial charge in [-0.25, -0.2) is 0 Å². The first-order valence-electron chi connectivity index (χ1n) is 4.86. The Balaban J connectivity index is 2.28. The van der Waals surface area contributed by atoms with Crippen LogP contribution in [0.15, 0.2) is 11.9 Å². The standard InChI is InChI=1S/C9H19N3/c1-3-5-7-12-9(6-4-2)8-10-11-12/h8,10-11H,3-7H2,1-2H3. The predicted molar refractivity (Wildman–Crippen MR) is 50.9 cm³/mol. The summed E-state index contributed by atoms with van der Waals surface area (Å²) < 4.78 is 0. The van der Waals surface area contributed by atoms with Gasteiger partial charge in [0.25, 0.3) is 0 Å². The number of hydrogen-bond acceptors (Lipinski definition) is 3. The molecule has 1 aliphatic heterocycles. The van der Waals surface area contributed by atoms with Gasteiger partial charge in [-0.15, -0.1) is 5.53 Å². The van der Waals surface area contributed by atoms with Crippen molar-refractivity contribution in [3.63, 3.8) is 0 Å². The van der Waals surface area contributed by atoms with E-state index in [0.717, 1.165) is 13.0 Å². The highest BCUT2D eigenvalue weighted by molar-refractivity contribution is 5.01. The van der Waals surface area contributed by atoms with Crippen LogP contribution in [0.4, 0.5) is 0 Å². The summed E-state index contributed by atoms with van der Waals surface area (Å²) in [6, 6.07) is 0. The molecule has 0 radical (unpaired) electrons. The van der Waals surface area contributed by atoms with Crippen LogP contribution in [0.3, 0.4) is 0 Å². The van der Waals surface area contributed by atoms with E-state index in [1.165, 1.54) is 25.0 Å². The van der Waals surface area contributed by atoms with Crippen LogP contribution in [0.25, 0.3) is 0 Å². The Morgan fingerprint density at radius 2 is 2.17 bits per heavy atom. The average Bonchev–Trinajstić information content (AvgIpc) is 2.50. The highest BCUT2D eigenvalue weighted by atomic mass is 15.7. The lowest BCUT2D eigenvalue weighted by Crippen LogP contribution is -2.37. The molecule has 0 fully saturated rings. The fraction of sp³-hybridized carbons (Fsp3) is 0.778. The van der Waals surface area contributed by atoms with Crippen molar-refractivity contribution in [1.29, 1.82) is 0 Å². The Morgan fingerprint density at radius 3 is 2.83 bits per heavy atom. The summed E-state index contributed by atoms with van der Waals surface area (Å²) in [4.78, 5) is 0. The molecule has 0 aromatic rings. The second-order valence-corrected chi connectivity index (χ2v) is 3.15. The summed E-state index contributed by atoms with van der Waals surface area (Å²) >= 11 is 0. The van der Waals surface area contributed by atoms with E-state index in [4.69, 9.17) is 0 Å². The number of nitrogens with one attached hydrogen (secondary N) is 2. The lowest BCUT2D eigenvalue weighted by molar-refractivity contribution is 0.240. The molecule has 0 saturated carbocycles. The molecule has 1 heterocycles. The molecule has 0 saturated heterocycles. The highest BCUT2D eigenvalue weighted by Gasteiger charge is 2.11. The second-order valence-electron chi connectivity index (χ2n) is 3.15. The minimum atomic E-state index is 1.11. The van der Waals surface area contributed by atoms with Crippen molar-refractivity contribution >= 4 is 0 Å². The largest absolute Gasteiger partial charge is 0.309 e. The molecule has 2 N–H and O–H groups in total. The summed E-state index contributed by atoms with van der Waals surface area (Å²) in [5.74, 6) is 0. The lowest BCUT2D eigenvalue weighted by Gasteiger charge is -2.20. The van der Waals surface area contributed by atoms with Crippen LogP contribution >= 0.6 is 0 Å².